The number of anilines is 1. The van der Waals surface area contributed by atoms with Gasteiger partial charge in [-0.1, -0.05) is 12.1 Å². The molecule has 3 N–H and O–H groups in total. The summed E-state index contributed by atoms with van der Waals surface area (Å²) in [6, 6.07) is 9.34. The second-order valence-corrected chi connectivity index (χ2v) is 5.39. The number of benzene rings is 1. The van der Waals surface area contributed by atoms with Crippen LogP contribution in [0.2, 0.25) is 0 Å². The average Bonchev–Trinajstić information content (AvgIpc) is 2.81. The van der Waals surface area contributed by atoms with E-state index in [2.05, 4.69) is 34.6 Å². The highest BCUT2D eigenvalue weighted by Crippen LogP contribution is 2.27. The van der Waals surface area contributed by atoms with E-state index in [0.29, 0.717) is 12.1 Å². The van der Waals surface area contributed by atoms with Crippen LogP contribution < -0.4 is 11.1 Å². The predicted octanol–water partition coefficient (Wildman–Crippen LogP) is 2.71. The first kappa shape index (κ1) is 10.7. The Morgan fingerprint density at radius 1 is 1.35 bits per heavy atom. The van der Waals surface area contributed by atoms with Crippen molar-refractivity contribution in [1.82, 2.24) is 4.98 Å². The van der Waals surface area contributed by atoms with Crippen LogP contribution >= 0.6 is 11.3 Å². The molecule has 0 unspecified atom stereocenters. The van der Waals surface area contributed by atoms with Crippen LogP contribution in [0.3, 0.4) is 0 Å². The maximum Gasteiger partial charge on any atom is 0.123 e. The molecule has 17 heavy (non-hydrogen) atoms. The summed E-state index contributed by atoms with van der Waals surface area (Å²) in [5.41, 5.74) is 8.12. The maximum absolute atomic E-state index is 5.78. The monoisotopic (exact) mass is 245 g/mol. The summed E-state index contributed by atoms with van der Waals surface area (Å²) in [7, 11) is 0. The van der Waals surface area contributed by atoms with Crippen molar-refractivity contribution in [3.63, 3.8) is 0 Å². The molecule has 1 aromatic heterocycles. The van der Waals surface area contributed by atoms with Gasteiger partial charge in [-0.15, -0.1) is 11.3 Å². The summed E-state index contributed by atoms with van der Waals surface area (Å²) >= 11 is 1.66. The Hall–Kier alpha value is -1.39. The van der Waals surface area contributed by atoms with E-state index in [1.165, 1.54) is 5.56 Å². The molecule has 1 aromatic carbocycles. The van der Waals surface area contributed by atoms with Crippen LogP contribution in [0.15, 0.2) is 35.8 Å². The molecule has 2 aromatic rings. The zero-order valence-corrected chi connectivity index (χ0v) is 10.3. The molecule has 3 rings (SSSR count). The highest BCUT2D eigenvalue weighted by atomic mass is 32.1. The van der Waals surface area contributed by atoms with E-state index in [0.717, 1.165) is 23.5 Å². The number of hydrogen-bond donors (Lipinski definition) is 2. The summed E-state index contributed by atoms with van der Waals surface area (Å²) in [5, 5.41) is 6.58. The van der Waals surface area contributed by atoms with Crippen molar-refractivity contribution in [2.24, 2.45) is 5.73 Å². The van der Waals surface area contributed by atoms with Crippen molar-refractivity contribution in [3.8, 4) is 10.6 Å². The van der Waals surface area contributed by atoms with Gasteiger partial charge < -0.3 is 11.1 Å². The van der Waals surface area contributed by atoms with Crippen molar-refractivity contribution < 1.29 is 0 Å². The Morgan fingerprint density at radius 3 is 2.94 bits per heavy atom. The van der Waals surface area contributed by atoms with E-state index >= 15 is 0 Å². The Kier molecular flexibility index (Phi) is 2.82. The summed E-state index contributed by atoms with van der Waals surface area (Å²) in [6.07, 6.45) is 3.98. The molecular weight excluding hydrogens is 230 g/mol. The largest absolute Gasteiger partial charge is 0.382 e. The lowest BCUT2D eigenvalue weighted by Gasteiger charge is -2.33. The van der Waals surface area contributed by atoms with E-state index in [-0.39, 0.29) is 0 Å². The van der Waals surface area contributed by atoms with Gasteiger partial charge in [0.15, 0.2) is 0 Å². The zero-order valence-electron chi connectivity index (χ0n) is 9.47. The van der Waals surface area contributed by atoms with Crippen LogP contribution in [0.4, 0.5) is 5.69 Å². The van der Waals surface area contributed by atoms with Gasteiger partial charge >= 0.3 is 0 Å². The first-order chi connectivity index (χ1) is 8.31. The number of aromatic nitrogens is 1. The van der Waals surface area contributed by atoms with Gasteiger partial charge in [-0.3, -0.25) is 0 Å². The normalized spacial score (nSPS) is 23.1. The highest BCUT2D eigenvalue weighted by molar-refractivity contribution is 7.13. The van der Waals surface area contributed by atoms with Crippen LogP contribution in [-0.4, -0.2) is 17.1 Å². The number of nitrogens with two attached hydrogens (primary N) is 1. The number of thiazole rings is 1. The molecule has 4 heteroatoms. The van der Waals surface area contributed by atoms with Crippen LogP contribution in [0.1, 0.15) is 12.8 Å². The smallest absolute Gasteiger partial charge is 0.123 e. The van der Waals surface area contributed by atoms with Crippen molar-refractivity contribution in [2.45, 2.75) is 24.9 Å². The van der Waals surface area contributed by atoms with Crippen LogP contribution in [0.25, 0.3) is 10.6 Å². The summed E-state index contributed by atoms with van der Waals surface area (Å²) in [6.45, 7) is 0. The highest BCUT2D eigenvalue weighted by Gasteiger charge is 2.25. The van der Waals surface area contributed by atoms with E-state index in [9.17, 15) is 0 Å². The second-order valence-electron chi connectivity index (χ2n) is 4.49. The fourth-order valence-electron chi connectivity index (χ4n) is 2.12. The number of nitrogens with one attached hydrogen (secondary N) is 1. The molecule has 1 aliphatic rings. The fourth-order valence-corrected chi connectivity index (χ4v) is 2.76. The fraction of sp³-hybridized carbons (Fsp3) is 0.308. The number of nitrogens with zero attached hydrogens (tertiary/aromatic N) is 1. The molecule has 1 saturated carbocycles. The van der Waals surface area contributed by atoms with Gasteiger partial charge in [-0.05, 0) is 25.0 Å². The summed E-state index contributed by atoms with van der Waals surface area (Å²) < 4.78 is 0. The number of rotatable bonds is 3. The molecule has 88 valence electrons. The molecule has 0 aliphatic heterocycles. The summed E-state index contributed by atoms with van der Waals surface area (Å²) in [5.74, 6) is 0. The molecule has 1 aliphatic carbocycles. The zero-order chi connectivity index (χ0) is 11.7. The van der Waals surface area contributed by atoms with Crippen LogP contribution in [0.5, 0.6) is 0 Å². The first-order valence-electron chi connectivity index (χ1n) is 5.83. The molecule has 1 fully saturated rings. The van der Waals surface area contributed by atoms with E-state index in [4.69, 9.17) is 5.73 Å². The molecule has 1 heterocycles. The molecular formula is C13H15N3S. The van der Waals surface area contributed by atoms with Gasteiger partial charge in [0.2, 0.25) is 0 Å². The van der Waals surface area contributed by atoms with Crippen molar-refractivity contribution in [1.29, 1.82) is 0 Å². The van der Waals surface area contributed by atoms with Crippen molar-refractivity contribution in [3.05, 3.63) is 35.8 Å². The maximum atomic E-state index is 5.78. The standard InChI is InChI=1S/C13H15N3S/c14-10-7-12(8-10)16-11-3-1-2-9(6-11)13-15-4-5-17-13/h1-6,10,12,16H,7-8,14H2. The minimum Gasteiger partial charge on any atom is -0.382 e. The molecule has 0 radical (unpaired) electrons. The predicted molar refractivity (Wildman–Crippen MR) is 72.2 cm³/mol. The van der Waals surface area contributed by atoms with Gasteiger partial charge in [0, 0.05) is 34.9 Å². The minimum absolute atomic E-state index is 0.384. The number of hydrogen-bond acceptors (Lipinski definition) is 4. The molecule has 0 bridgehead atoms. The molecule has 0 spiro atoms. The van der Waals surface area contributed by atoms with Gasteiger partial charge in [-0.25, -0.2) is 4.98 Å². The lowest BCUT2D eigenvalue weighted by atomic mass is 9.87. The van der Waals surface area contributed by atoms with E-state index < -0.39 is 0 Å². The third-order valence-electron chi connectivity index (χ3n) is 3.09. The average molecular weight is 245 g/mol. The third kappa shape index (κ3) is 2.33. The lowest BCUT2D eigenvalue weighted by molar-refractivity contribution is 0.374. The molecule has 0 amide bonds. The van der Waals surface area contributed by atoms with Gasteiger partial charge in [0.05, 0.1) is 0 Å². The Labute approximate surface area is 105 Å². The Bertz CT molecular complexity index is 489. The SMILES string of the molecule is NC1CC(Nc2cccc(-c3nccs3)c2)C1. The van der Waals surface area contributed by atoms with Gasteiger partial charge in [0.25, 0.3) is 0 Å². The third-order valence-corrected chi connectivity index (χ3v) is 3.91. The Morgan fingerprint density at radius 2 is 2.24 bits per heavy atom. The quantitative estimate of drug-likeness (QED) is 0.874. The second kappa shape index (κ2) is 4.47. The molecule has 0 saturated heterocycles. The van der Waals surface area contributed by atoms with Gasteiger partial charge in [-0.2, -0.15) is 0 Å². The van der Waals surface area contributed by atoms with Crippen molar-refractivity contribution >= 4 is 17.0 Å². The topological polar surface area (TPSA) is 50.9 Å². The van der Waals surface area contributed by atoms with E-state index in [1.54, 1.807) is 11.3 Å². The van der Waals surface area contributed by atoms with E-state index in [1.807, 2.05) is 11.6 Å². The minimum atomic E-state index is 0.384. The molecule has 0 atom stereocenters. The van der Waals surface area contributed by atoms with Crippen LogP contribution in [-0.2, 0) is 0 Å². The Balaban J connectivity index is 1.75. The summed E-state index contributed by atoms with van der Waals surface area (Å²) in [4.78, 5) is 4.32. The lowest BCUT2D eigenvalue weighted by Crippen LogP contribution is -2.44. The molecule has 3 nitrogen and oxygen atoms in total. The van der Waals surface area contributed by atoms with Gasteiger partial charge in [0.1, 0.15) is 5.01 Å². The van der Waals surface area contributed by atoms with Crippen LogP contribution in [0, 0.1) is 0 Å². The van der Waals surface area contributed by atoms with Crippen molar-refractivity contribution in [2.75, 3.05) is 5.32 Å². The first-order valence-corrected chi connectivity index (χ1v) is 6.71.